The zero-order chi connectivity index (χ0) is 13.9. The molecule has 0 amide bonds. The summed E-state index contributed by atoms with van der Waals surface area (Å²) in [4.78, 5) is 0. The summed E-state index contributed by atoms with van der Waals surface area (Å²) in [6.45, 7) is 7.31. The van der Waals surface area contributed by atoms with Crippen LogP contribution in [0.1, 0.15) is 0 Å². The Morgan fingerprint density at radius 1 is 0.650 bits per heavy atom. The van der Waals surface area contributed by atoms with Crippen LogP contribution >= 0.6 is 0 Å². The third kappa shape index (κ3) is 1.53. The Morgan fingerprint density at radius 3 is 1.95 bits per heavy atom. The fourth-order valence-electron chi connectivity index (χ4n) is 3.38. The predicted octanol–water partition coefficient (Wildman–Crippen LogP) is 5.13. The van der Waals surface area contributed by atoms with E-state index in [4.69, 9.17) is 0 Å². The van der Waals surface area contributed by atoms with Gasteiger partial charge in [-0.05, 0) is 32.3 Å². The van der Waals surface area contributed by atoms with Gasteiger partial charge in [-0.3, -0.25) is 0 Å². The van der Waals surface area contributed by atoms with E-state index >= 15 is 0 Å². The molecule has 20 heavy (non-hydrogen) atoms. The highest BCUT2D eigenvalue weighted by atomic mass is 28.3. The number of rotatable bonds is 1. The van der Waals surface area contributed by atoms with Crippen molar-refractivity contribution in [3.63, 3.8) is 0 Å². The van der Waals surface area contributed by atoms with Crippen molar-refractivity contribution < 1.29 is 0 Å². The van der Waals surface area contributed by atoms with Crippen LogP contribution in [0.15, 0.2) is 54.6 Å². The van der Waals surface area contributed by atoms with Crippen molar-refractivity contribution in [1.29, 1.82) is 0 Å². The molecule has 0 saturated carbocycles. The van der Waals surface area contributed by atoms with Crippen molar-refractivity contribution in [2.75, 3.05) is 0 Å². The van der Waals surface area contributed by atoms with Gasteiger partial charge in [-0.1, -0.05) is 79.4 Å². The highest BCUT2D eigenvalue weighted by molar-refractivity contribution is 6.90. The van der Waals surface area contributed by atoms with Gasteiger partial charge in [0.25, 0.3) is 0 Å². The van der Waals surface area contributed by atoms with Crippen molar-refractivity contribution in [2.45, 2.75) is 19.6 Å². The van der Waals surface area contributed by atoms with E-state index in [-0.39, 0.29) is 0 Å². The molecular formula is C19H18Si. The molecule has 1 heteroatoms. The minimum Gasteiger partial charge on any atom is -0.0656 e. The van der Waals surface area contributed by atoms with E-state index in [1.807, 2.05) is 0 Å². The maximum atomic E-state index is 2.44. The molecule has 0 fully saturated rings. The molecule has 0 N–H and O–H groups in total. The van der Waals surface area contributed by atoms with Crippen molar-refractivity contribution >= 4 is 45.6 Å². The standard InChI is InChI=1S/C19H18Si/c1-20(2,3)17-12-15-8-4-6-13-10-11-14-7-5-9-16(17)19(14)18(13)15/h4-12H,1-3H3. The van der Waals surface area contributed by atoms with Crippen LogP contribution in [0, 0.1) is 0 Å². The van der Waals surface area contributed by atoms with Crippen LogP contribution in [-0.2, 0) is 0 Å². The zero-order valence-corrected chi connectivity index (χ0v) is 13.2. The summed E-state index contributed by atoms with van der Waals surface area (Å²) in [5.41, 5.74) is 0. The molecule has 4 rings (SSSR count). The molecule has 4 aromatic carbocycles. The molecule has 0 saturated heterocycles. The van der Waals surface area contributed by atoms with Crippen LogP contribution < -0.4 is 5.19 Å². The first-order valence-electron chi connectivity index (χ1n) is 7.23. The predicted molar refractivity (Wildman–Crippen MR) is 93.1 cm³/mol. The Balaban J connectivity index is 2.37. The Hall–Kier alpha value is -1.86. The molecule has 0 aromatic heterocycles. The van der Waals surface area contributed by atoms with Crippen LogP contribution in [0.2, 0.25) is 19.6 Å². The number of hydrogen-bond acceptors (Lipinski definition) is 0. The second-order valence-corrected chi connectivity index (χ2v) is 11.8. The van der Waals surface area contributed by atoms with Gasteiger partial charge in [-0.25, -0.2) is 0 Å². The average Bonchev–Trinajstić information content (AvgIpc) is 2.43. The fraction of sp³-hybridized carbons (Fsp3) is 0.158. The first-order chi connectivity index (χ1) is 9.55. The molecule has 0 bridgehead atoms. The van der Waals surface area contributed by atoms with Crippen LogP contribution in [0.3, 0.4) is 0 Å². The van der Waals surface area contributed by atoms with Crippen LogP contribution in [0.4, 0.5) is 0 Å². The van der Waals surface area contributed by atoms with E-state index in [0.29, 0.717) is 0 Å². The van der Waals surface area contributed by atoms with Gasteiger partial charge in [0.1, 0.15) is 0 Å². The summed E-state index contributed by atoms with van der Waals surface area (Å²) >= 11 is 0. The van der Waals surface area contributed by atoms with Gasteiger partial charge >= 0.3 is 0 Å². The van der Waals surface area contributed by atoms with Gasteiger partial charge in [0.05, 0.1) is 8.07 Å². The van der Waals surface area contributed by atoms with Crippen molar-refractivity contribution in [2.24, 2.45) is 0 Å². The topological polar surface area (TPSA) is 0 Å². The quantitative estimate of drug-likeness (QED) is 0.333. The van der Waals surface area contributed by atoms with Crippen molar-refractivity contribution in [3.05, 3.63) is 54.6 Å². The summed E-state index contributed by atoms with van der Waals surface area (Å²) < 4.78 is 0. The minimum atomic E-state index is -1.36. The van der Waals surface area contributed by atoms with Crippen molar-refractivity contribution in [1.82, 2.24) is 0 Å². The average molecular weight is 274 g/mol. The van der Waals surface area contributed by atoms with E-state index in [1.54, 1.807) is 5.19 Å². The Morgan fingerprint density at radius 2 is 1.25 bits per heavy atom. The molecule has 0 aliphatic rings. The Bertz CT molecular complexity index is 929. The lowest BCUT2D eigenvalue weighted by Gasteiger charge is -2.22. The summed E-state index contributed by atoms with van der Waals surface area (Å²) in [7, 11) is -1.36. The summed E-state index contributed by atoms with van der Waals surface area (Å²) in [6, 6.07) is 20.4. The number of hydrogen-bond donors (Lipinski definition) is 0. The van der Waals surface area contributed by atoms with Crippen LogP contribution in [-0.4, -0.2) is 8.07 Å². The normalized spacial score (nSPS) is 12.8. The Kier molecular flexibility index (Phi) is 2.28. The van der Waals surface area contributed by atoms with Gasteiger partial charge in [0, 0.05) is 0 Å². The molecule has 0 radical (unpaired) electrons. The Labute approximate surface area is 120 Å². The first kappa shape index (κ1) is 11.9. The van der Waals surface area contributed by atoms with E-state index in [0.717, 1.165) is 0 Å². The van der Waals surface area contributed by atoms with E-state index in [2.05, 4.69) is 74.2 Å². The third-order valence-corrected chi connectivity index (χ3v) is 6.35. The molecule has 0 nitrogen and oxygen atoms in total. The molecule has 0 heterocycles. The summed E-state index contributed by atoms with van der Waals surface area (Å²) in [5.74, 6) is 0. The van der Waals surface area contributed by atoms with E-state index in [9.17, 15) is 0 Å². The lowest BCUT2D eigenvalue weighted by molar-refractivity contribution is 1.73. The first-order valence-corrected chi connectivity index (χ1v) is 10.7. The fourth-order valence-corrected chi connectivity index (χ4v) is 4.99. The molecule has 4 aromatic rings. The molecule has 0 atom stereocenters. The second kappa shape index (κ2) is 3.83. The lowest BCUT2D eigenvalue weighted by Crippen LogP contribution is -2.38. The molecule has 0 unspecified atom stereocenters. The second-order valence-electron chi connectivity index (χ2n) is 6.72. The maximum absolute atomic E-state index is 2.44. The van der Waals surface area contributed by atoms with Crippen molar-refractivity contribution in [3.8, 4) is 0 Å². The summed E-state index contributed by atoms with van der Waals surface area (Å²) in [5, 5.41) is 10.0. The zero-order valence-electron chi connectivity index (χ0n) is 12.2. The van der Waals surface area contributed by atoms with Crippen LogP contribution in [0.5, 0.6) is 0 Å². The van der Waals surface area contributed by atoms with E-state index in [1.165, 1.54) is 32.3 Å². The van der Waals surface area contributed by atoms with Gasteiger partial charge in [-0.15, -0.1) is 0 Å². The van der Waals surface area contributed by atoms with Gasteiger partial charge in [0.15, 0.2) is 0 Å². The summed E-state index contributed by atoms with van der Waals surface area (Å²) in [6.07, 6.45) is 0. The lowest BCUT2D eigenvalue weighted by atomic mass is 9.94. The van der Waals surface area contributed by atoms with Gasteiger partial charge < -0.3 is 0 Å². The smallest absolute Gasteiger partial charge is 0.0656 e. The van der Waals surface area contributed by atoms with E-state index < -0.39 is 8.07 Å². The molecule has 0 spiro atoms. The largest absolute Gasteiger partial charge is 0.0784 e. The number of benzene rings is 4. The van der Waals surface area contributed by atoms with Crippen LogP contribution in [0.25, 0.3) is 32.3 Å². The molecular weight excluding hydrogens is 256 g/mol. The SMILES string of the molecule is C[Si](C)(C)c1cc2cccc3ccc4cccc1c4c32. The highest BCUT2D eigenvalue weighted by Gasteiger charge is 2.21. The molecule has 98 valence electrons. The highest BCUT2D eigenvalue weighted by Crippen LogP contribution is 2.34. The van der Waals surface area contributed by atoms with Gasteiger partial charge in [0.2, 0.25) is 0 Å². The third-order valence-electron chi connectivity index (χ3n) is 4.32. The van der Waals surface area contributed by atoms with Gasteiger partial charge in [-0.2, -0.15) is 0 Å². The maximum Gasteiger partial charge on any atom is 0.0784 e. The molecule has 0 aliphatic carbocycles. The molecule has 0 aliphatic heterocycles. The minimum absolute atomic E-state index is 1.35. The monoisotopic (exact) mass is 274 g/mol.